The molecule has 1 aliphatic carbocycles. The number of fused-ring (bicyclic) bond motifs is 1. The number of thiophene rings is 1. The molecule has 2 aliphatic rings. The summed E-state index contributed by atoms with van der Waals surface area (Å²) in [5.74, 6) is 0. The normalized spacial score (nSPS) is 25.1. The van der Waals surface area contributed by atoms with Gasteiger partial charge in [-0.1, -0.05) is 6.92 Å². The van der Waals surface area contributed by atoms with Crippen LogP contribution < -0.4 is 5.73 Å². The van der Waals surface area contributed by atoms with Gasteiger partial charge in [-0.25, -0.2) is 0 Å². The van der Waals surface area contributed by atoms with Gasteiger partial charge in [-0.15, -0.1) is 11.3 Å². The van der Waals surface area contributed by atoms with E-state index in [2.05, 4.69) is 41.2 Å². The van der Waals surface area contributed by atoms with Crippen molar-refractivity contribution in [2.24, 2.45) is 5.73 Å². The van der Waals surface area contributed by atoms with Crippen LogP contribution in [-0.2, 0) is 12.8 Å². The molecule has 22 heavy (non-hydrogen) atoms. The maximum atomic E-state index is 6.09. The maximum Gasteiger partial charge on any atom is 0.0360 e. The van der Waals surface area contributed by atoms with Gasteiger partial charge in [0.1, 0.15) is 0 Å². The van der Waals surface area contributed by atoms with Crippen LogP contribution in [0.25, 0.3) is 0 Å². The Kier molecular flexibility index (Phi) is 5.55. The lowest BCUT2D eigenvalue weighted by Crippen LogP contribution is -2.46. The lowest BCUT2D eigenvalue weighted by molar-refractivity contribution is 0.103. The van der Waals surface area contributed by atoms with Gasteiger partial charge in [-0.05, 0) is 57.2 Å². The summed E-state index contributed by atoms with van der Waals surface area (Å²) in [5, 5.41) is 0. The number of nitrogens with two attached hydrogens (primary N) is 1. The van der Waals surface area contributed by atoms with Crippen molar-refractivity contribution in [2.75, 3.05) is 33.2 Å². The van der Waals surface area contributed by atoms with Crippen LogP contribution in [0.15, 0.2) is 6.07 Å². The molecule has 2 heterocycles. The summed E-state index contributed by atoms with van der Waals surface area (Å²) in [6.07, 6.45) is 7.40. The van der Waals surface area contributed by atoms with Gasteiger partial charge in [0.05, 0.1) is 0 Å². The number of hydrogen-bond acceptors (Lipinski definition) is 4. The van der Waals surface area contributed by atoms with Gasteiger partial charge >= 0.3 is 0 Å². The van der Waals surface area contributed by atoms with Gasteiger partial charge in [0, 0.05) is 48.0 Å². The highest BCUT2D eigenvalue weighted by Gasteiger charge is 2.29. The predicted octanol–water partition coefficient (Wildman–Crippen LogP) is 3.04. The summed E-state index contributed by atoms with van der Waals surface area (Å²) < 4.78 is 0. The molecule has 0 bridgehead atoms. The Morgan fingerprint density at radius 2 is 2.09 bits per heavy atom. The third-order valence-electron chi connectivity index (χ3n) is 5.40. The van der Waals surface area contributed by atoms with E-state index in [0.717, 1.165) is 12.8 Å². The van der Waals surface area contributed by atoms with Gasteiger partial charge in [-0.3, -0.25) is 4.90 Å². The molecule has 0 radical (unpaired) electrons. The Labute approximate surface area is 139 Å². The van der Waals surface area contributed by atoms with E-state index in [4.69, 9.17) is 5.73 Å². The van der Waals surface area contributed by atoms with Crippen LogP contribution in [0.2, 0.25) is 0 Å². The molecule has 1 fully saturated rings. The van der Waals surface area contributed by atoms with E-state index in [1.807, 2.05) is 0 Å². The van der Waals surface area contributed by atoms with Gasteiger partial charge in [-0.2, -0.15) is 0 Å². The SMILES string of the molecule is CCC(N)CCc1cc2c(s1)CCCC2N1CCN(C)CC1. The molecule has 1 aromatic rings. The summed E-state index contributed by atoms with van der Waals surface area (Å²) in [4.78, 5) is 8.41. The van der Waals surface area contributed by atoms with E-state index >= 15 is 0 Å². The third-order valence-corrected chi connectivity index (χ3v) is 6.67. The number of hydrogen-bond donors (Lipinski definition) is 1. The molecule has 2 N–H and O–H groups in total. The van der Waals surface area contributed by atoms with Crippen LogP contribution in [0.4, 0.5) is 0 Å². The van der Waals surface area contributed by atoms with E-state index in [-0.39, 0.29) is 0 Å². The highest BCUT2D eigenvalue weighted by Crippen LogP contribution is 2.39. The van der Waals surface area contributed by atoms with Gasteiger partial charge in [0.15, 0.2) is 0 Å². The number of piperazine rings is 1. The van der Waals surface area contributed by atoms with E-state index < -0.39 is 0 Å². The first-order chi connectivity index (χ1) is 10.7. The molecule has 124 valence electrons. The minimum Gasteiger partial charge on any atom is -0.328 e. The van der Waals surface area contributed by atoms with E-state index in [9.17, 15) is 0 Å². The molecule has 4 heteroatoms. The number of likely N-dealkylation sites (N-methyl/N-ethyl adjacent to an activating group) is 1. The monoisotopic (exact) mass is 321 g/mol. The fourth-order valence-corrected chi connectivity index (χ4v) is 5.04. The summed E-state index contributed by atoms with van der Waals surface area (Å²) in [5.41, 5.74) is 7.75. The summed E-state index contributed by atoms with van der Waals surface area (Å²) in [7, 11) is 2.24. The Bertz CT molecular complexity index is 477. The fraction of sp³-hybridized carbons (Fsp3) is 0.778. The number of nitrogens with zero attached hydrogens (tertiary/aromatic N) is 2. The second-order valence-electron chi connectivity index (χ2n) is 7.05. The molecule has 0 saturated carbocycles. The van der Waals surface area contributed by atoms with E-state index in [0.29, 0.717) is 12.1 Å². The van der Waals surface area contributed by atoms with Crippen molar-refractivity contribution in [3.05, 3.63) is 21.4 Å². The van der Waals surface area contributed by atoms with Crippen molar-refractivity contribution < 1.29 is 0 Å². The summed E-state index contributed by atoms with van der Waals surface area (Å²) in [6.45, 7) is 7.08. The Balaban J connectivity index is 1.68. The Morgan fingerprint density at radius 3 is 2.82 bits per heavy atom. The second kappa shape index (κ2) is 7.43. The average Bonchev–Trinajstić information content (AvgIpc) is 2.96. The van der Waals surface area contributed by atoms with Crippen molar-refractivity contribution in [1.29, 1.82) is 0 Å². The Hall–Kier alpha value is -0.420. The molecule has 1 aromatic heterocycles. The molecule has 3 rings (SSSR count). The molecular weight excluding hydrogens is 290 g/mol. The van der Waals surface area contributed by atoms with Crippen molar-refractivity contribution in [1.82, 2.24) is 9.80 Å². The van der Waals surface area contributed by atoms with Gasteiger partial charge in [0.25, 0.3) is 0 Å². The zero-order valence-corrected chi connectivity index (χ0v) is 15.0. The molecule has 2 unspecified atom stereocenters. The van der Waals surface area contributed by atoms with Crippen LogP contribution >= 0.6 is 11.3 Å². The quantitative estimate of drug-likeness (QED) is 0.905. The molecule has 1 saturated heterocycles. The highest BCUT2D eigenvalue weighted by molar-refractivity contribution is 7.12. The molecule has 3 nitrogen and oxygen atoms in total. The predicted molar refractivity (Wildman–Crippen MR) is 95.7 cm³/mol. The zero-order valence-electron chi connectivity index (χ0n) is 14.2. The molecule has 2 atom stereocenters. The standard InChI is InChI=1S/C18H31N3S/c1-3-14(19)7-8-15-13-16-17(5-4-6-18(16)22-15)21-11-9-20(2)10-12-21/h13-14,17H,3-12,19H2,1-2H3. The fourth-order valence-electron chi connectivity index (χ4n) is 3.76. The smallest absolute Gasteiger partial charge is 0.0360 e. The van der Waals surface area contributed by atoms with Crippen molar-refractivity contribution in [3.63, 3.8) is 0 Å². The number of aryl methyl sites for hydroxylation is 2. The first-order valence-electron chi connectivity index (χ1n) is 8.97. The summed E-state index contributed by atoms with van der Waals surface area (Å²) >= 11 is 2.06. The molecule has 0 spiro atoms. The van der Waals surface area contributed by atoms with Gasteiger partial charge in [0.2, 0.25) is 0 Å². The van der Waals surface area contributed by atoms with Crippen LogP contribution in [0.5, 0.6) is 0 Å². The van der Waals surface area contributed by atoms with Gasteiger partial charge < -0.3 is 10.6 Å². The first-order valence-corrected chi connectivity index (χ1v) is 9.78. The number of rotatable bonds is 5. The lowest BCUT2D eigenvalue weighted by atomic mass is 9.91. The molecular formula is C18H31N3S. The minimum atomic E-state index is 0.368. The van der Waals surface area contributed by atoms with Crippen LogP contribution in [-0.4, -0.2) is 49.1 Å². The van der Waals surface area contributed by atoms with Crippen molar-refractivity contribution >= 4 is 11.3 Å². The second-order valence-corrected chi connectivity index (χ2v) is 8.27. The molecule has 0 amide bonds. The topological polar surface area (TPSA) is 32.5 Å². The molecule has 0 aromatic carbocycles. The van der Waals surface area contributed by atoms with E-state index in [1.165, 1.54) is 51.9 Å². The van der Waals surface area contributed by atoms with Crippen molar-refractivity contribution in [3.8, 4) is 0 Å². The molecule has 1 aliphatic heterocycles. The average molecular weight is 322 g/mol. The maximum absolute atomic E-state index is 6.09. The van der Waals surface area contributed by atoms with E-state index in [1.54, 1.807) is 15.3 Å². The van der Waals surface area contributed by atoms with Crippen molar-refractivity contribution in [2.45, 2.75) is 57.5 Å². The zero-order chi connectivity index (χ0) is 15.5. The van der Waals surface area contributed by atoms with Crippen LogP contribution in [0.1, 0.15) is 54.0 Å². The Morgan fingerprint density at radius 1 is 1.32 bits per heavy atom. The minimum absolute atomic E-state index is 0.368. The van der Waals surface area contributed by atoms with Crippen LogP contribution in [0, 0.1) is 0 Å². The largest absolute Gasteiger partial charge is 0.328 e. The summed E-state index contributed by atoms with van der Waals surface area (Å²) in [6, 6.07) is 3.57. The highest BCUT2D eigenvalue weighted by atomic mass is 32.1. The lowest BCUT2D eigenvalue weighted by Gasteiger charge is -2.39. The first kappa shape index (κ1) is 16.4. The third kappa shape index (κ3) is 3.73. The van der Waals surface area contributed by atoms with Crippen LogP contribution in [0.3, 0.4) is 0 Å².